The van der Waals surface area contributed by atoms with Gasteiger partial charge in [-0.05, 0) is 50.6 Å². The van der Waals surface area contributed by atoms with Crippen LogP contribution in [0.1, 0.15) is 31.3 Å². The van der Waals surface area contributed by atoms with Crippen LogP contribution < -0.4 is 4.74 Å². The Hall–Kier alpha value is -2.82. The molecule has 0 spiro atoms. The summed E-state index contributed by atoms with van der Waals surface area (Å²) >= 11 is 0. The molecule has 0 bridgehead atoms. The molecule has 24 heavy (non-hydrogen) atoms. The van der Waals surface area contributed by atoms with Gasteiger partial charge in [-0.3, -0.25) is 0 Å². The summed E-state index contributed by atoms with van der Waals surface area (Å²) in [5, 5.41) is 0.957. The fraction of sp³-hybridized carbons (Fsp3) is 0.263. The van der Waals surface area contributed by atoms with Crippen LogP contribution in [0.2, 0.25) is 0 Å². The first-order valence-electron chi connectivity index (χ1n) is 8.00. The number of nitrogens with zero attached hydrogens (tertiary/aromatic N) is 1. The number of esters is 1. The number of ether oxygens (including phenoxy) is 2. The Morgan fingerprint density at radius 3 is 2.62 bits per heavy atom. The van der Waals surface area contributed by atoms with Crippen LogP contribution in [-0.4, -0.2) is 28.6 Å². The molecule has 0 amide bonds. The Kier molecular flexibility index (Phi) is 4.51. The summed E-state index contributed by atoms with van der Waals surface area (Å²) in [6.45, 7) is 6.08. The molecule has 0 atom stereocenters. The number of aromatic amines is 1. The van der Waals surface area contributed by atoms with Crippen LogP contribution in [0, 0.1) is 0 Å². The van der Waals surface area contributed by atoms with Crippen LogP contribution in [0.5, 0.6) is 5.88 Å². The normalized spacial score (nSPS) is 11.0. The van der Waals surface area contributed by atoms with Gasteiger partial charge in [0.1, 0.15) is 5.69 Å². The summed E-state index contributed by atoms with van der Waals surface area (Å²) in [5.41, 5.74) is 3.38. The Labute approximate surface area is 140 Å². The number of fused-ring (bicyclic) bond motifs is 1. The van der Waals surface area contributed by atoms with Crippen molar-refractivity contribution in [1.82, 2.24) is 9.97 Å². The van der Waals surface area contributed by atoms with Gasteiger partial charge in [0.25, 0.3) is 0 Å². The molecule has 0 aliphatic rings. The molecule has 0 unspecified atom stereocenters. The fourth-order valence-corrected chi connectivity index (χ4v) is 2.49. The third kappa shape index (κ3) is 3.40. The van der Waals surface area contributed by atoms with Crippen molar-refractivity contribution in [3.8, 4) is 17.0 Å². The van der Waals surface area contributed by atoms with E-state index in [2.05, 4.69) is 9.97 Å². The molecule has 0 saturated heterocycles. The van der Waals surface area contributed by atoms with E-state index < -0.39 is 0 Å². The minimum absolute atomic E-state index is 0.0980. The molecule has 3 rings (SSSR count). The quantitative estimate of drug-likeness (QED) is 0.715. The Balaban J connectivity index is 1.88. The van der Waals surface area contributed by atoms with Gasteiger partial charge in [-0.25, -0.2) is 9.78 Å². The molecule has 2 aromatic heterocycles. The largest absolute Gasteiger partial charge is 0.475 e. The third-order valence-electron chi connectivity index (χ3n) is 3.54. The maximum Gasteiger partial charge on any atom is 0.354 e. The first kappa shape index (κ1) is 16.1. The number of carbonyl (C=O) groups excluding carboxylic acids is 1. The average molecular weight is 324 g/mol. The average Bonchev–Trinajstić information content (AvgIpc) is 2.98. The van der Waals surface area contributed by atoms with Crippen LogP contribution in [0.25, 0.3) is 22.0 Å². The molecule has 0 aliphatic carbocycles. The second-order valence-corrected chi connectivity index (χ2v) is 5.76. The van der Waals surface area contributed by atoms with Gasteiger partial charge in [0, 0.05) is 28.7 Å². The molecule has 0 radical (unpaired) electrons. The van der Waals surface area contributed by atoms with Gasteiger partial charge in [-0.15, -0.1) is 0 Å². The standard InChI is InChI=1S/C19H20N2O3/c1-4-23-19(22)17-10-15-9-13(5-7-16(15)21-17)14-6-8-18(20-11-14)24-12(2)3/h5-12,21H,4H2,1-3H3. The fourth-order valence-electron chi connectivity index (χ4n) is 2.49. The lowest BCUT2D eigenvalue weighted by Crippen LogP contribution is -2.06. The molecule has 5 heteroatoms. The van der Waals surface area contributed by atoms with E-state index >= 15 is 0 Å². The molecule has 1 aromatic carbocycles. The minimum atomic E-state index is -0.341. The number of carbonyl (C=O) groups is 1. The van der Waals surface area contributed by atoms with Crippen LogP contribution in [0.4, 0.5) is 0 Å². The van der Waals surface area contributed by atoms with Gasteiger partial charge in [-0.1, -0.05) is 6.07 Å². The van der Waals surface area contributed by atoms with Crippen LogP contribution in [-0.2, 0) is 4.74 Å². The zero-order valence-corrected chi connectivity index (χ0v) is 14.0. The van der Waals surface area contributed by atoms with Crippen molar-refractivity contribution < 1.29 is 14.3 Å². The summed E-state index contributed by atoms with van der Waals surface area (Å²) in [6.07, 6.45) is 1.89. The summed E-state index contributed by atoms with van der Waals surface area (Å²) < 4.78 is 10.6. The number of H-pyrrole nitrogens is 1. The summed E-state index contributed by atoms with van der Waals surface area (Å²) in [7, 11) is 0. The van der Waals surface area contributed by atoms with Crippen molar-refractivity contribution in [2.24, 2.45) is 0 Å². The minimum Gasteiger partial charge on any atom is -0.475 e. The Morgan fingerprint density at radius 2 is 1.96 bits per heavy atom. The number of hydrogen-bond acceptors (Lipinski definition) is 4. The first-order valence-corrected chi connectivity index (χ1v) is 8.00. The zero-order chi connectivity index (χ0) is 17.1. The van der Waals surface area contributed by atoms with E-state index in [1.807, 2.05) is 44.2 Å². The number of rotatable bonds is 5. The van der Waals surface area contributed by atoms with E-state index in [4.69, 9.17) is 9.47 Å². The number of nitrogens with one attached hydrogen (secondary N) is 1. The highest BCUT2D eigenvalue weighted by molar-refractivity contribution is 5.96. The Morgan fingerprint density at radius 1 is 1.17 bits per heavy atom. The number of hydrogen-bond donors (Lipinski definition) is 1. The van der Waals surface area contributed by atoms with Gasteiger partial charge in [0.15, 0.2) is 0 Å². The predicted octanol–water partition coefficient (Wildman–Crippen LogP) is 4.19. The highest BCUT2D eigenvalue weighted by Crippen LogP contribution is 2.26. The Bertz CT molecular complexity index is 851. The van der Waals surface area contributed by atoms with Crippen LogP contribution in [0.15, 0.2) is 42.6 Å². The number of aromatic nitrogens is 2. The third-order valence-corrected chi connectivity index (χ3v) is 3.54. The topological polar surface area (TPSA) is 64.2 Å². The molecule has 0 fully saturated rings. The SMILES string of the molecule is CCOC(=O)c1cc2cc(-c3ccc(OC(C)C)nc3)ccc2[nH]1. The van der Waals surface area contributed by atoms with Gasteiger partial charge in [-0.2, -0.15) is 0 Å². The highest BCUT2D eigenvalue weighted by Gasteiger charge is 2.11. The molecule has 124 valence electrons. The summed E-state index contributed by atoms with van der Waals surface area (Å²) in [5.74, 6) is 0.271. The van der Waals surface area contributed by atoms with Crippen molar-refractivity contribution in [1.29, 1.82) is 0 Å². The first-order chi connectivity index (χ1) is 11.6. The van der Waals surface area contributed by atoms with Gasteiger partial charge in [0.2, 0.25) is 5.88 Å². The van der Waals surface area contributed by atoms with Crippen molar-refractivity contribution in [3.63, 3.8) is 0 Å². The number of pyridine rings is 1. The second kappa shape index (κ2) is 6.74. The molecule has 0 saturated carbocycles. The van der Waals surface area contributed by atoms with Crippen molar-refractivity contribution >= 4 is 16.9 Å². The molecule has 5 nitrogen and oxygen atoms in total. The summed E-state index contributed by atoms with van der Waals surface area (Å²) in [4.78, 5) is 19.2. The highest BCUT2D eigenvalue weighted by atomic mass is 16.5. The van der Waals surface area contributed by atoms with E-state index in [-0.39, 0.29) is 12.1 Å². The zero-order valence-electron chi connectivity index (χ0n) is 14.0. The van der Waals surface area contributed by atoms with Gasteiger partial charge in [0.05, 0.1) is 12.7 Å². The van der Waals surface area contributed by atoms with Gasteiger partial charge >= 0.3 is 5.97 Å². The molecular formula is C19H20N2O3. The second-order valence-electron chi connectivity index (χ2n) is 5.76. The lowest BCUT2D eigenvalue weighted by Gasteiger charge is -2.09. The molecule has 3 aromatic rings. The maximum absolute atomic E-state index is 11.8. The van der Waals surface area contributed by atoms with E-state index in [9.17, 15) is 4.79 Å². The lowest BCUT2D eigenvalue weighted by molar-refractivity contribution is 0.0520. The monoisotopic (exact) mass is 324 g/mol. The van der Waals surface area contributed by atoms with E-state index in [1.165, 1.54) is 0 Å². The van der Waals surface area contributed by atoms with E-state index in [1.54, 1.807) is 19.2 Å². The van der Waals surface area contributed by atoms with Crippen LogP contribution >= 0.6 is 0 Å². The maximum atomic E-state index is 11.8. The predicted molar refractivity (Wildman–Crippen MR) is 93.3 cm³/mol. The molecule has 1 N–H and O–H groups in total. The van der Waals surface area contributed by atoms with Crippen LogP contribution in [0.3, 0.4) is 0 Å². The van der Waals surface area contributed by atoms with Crippen molar-refractivity contribution in [3.05, 3.63) is 48.3 Å². The van der Waals surface area contributed by atoms with Gasteiger partial charge < -0.3 is 14.5 Å². The van der Waals surface area contributed by atoms with E-state index in [0.717, 1.165) is 22.0 Å². The molecule has 0 aliphatic heterocycles. The number of benzene rings is 1. The summed E-state index contributed by atoms with van der Waals surface area (Å²) in [6, 6.07) is 11.6. The van der Waals surface area contributed by atoms with E-state index in [0.29, 0.717) is 18.2 Å². The smallest absolute Gasteiger partial charge is 0.354 e. The van der Waals surface area contributed by atoms with Crippen molar-refractivity contribution in [2.75, 3.05) is 6.61 Å². The lowest BCUT2D eigenvalue weighted by atomic mass is 10.1. The molecule has 2 heterocycles. The van der Waals surface area contributed by atoms with Crippen molar-refractivity contribution in [2.45, 2.75) is 26.9 Å². The molecular weight excluding hydrogens is 304 g/mol.